The average Bonchev–Trinajstić information content (AvgIpc) is 3.20. The standard InChI is InChI=1S/C22H18ClNO4/c23-17-8-6-16(7-9-17)22(15-4-2-1-3-5-15)24-21(25)13-26-18-10-11-19-20(12-18)28-14-27-19/h1-12,22H,13-14H2,(H,24,25)/t22-/m0/s1. The summed E-state index contributed by atoms with van der Waals surface area (Å²) in [7, 11) is 0. The van der Waals surface area contributed by atoms with Gasteiger partial charge in [-0.15, -0.1) is 0 Å². The first kappa shape index (κ1) is 18.2. The van der Waals surface area contributed by atoms with Crippen LogP contribution in [-0.4, -0.2) is 19.3 Å². The molecule has 3 aromatic carbocycles. The maximum Gasteiger partial charge on any atom is 0.258 e. The van der Waals surface area contributed by atoms with Gasteiger partial charge in [0.05, 0.1) is 6.04 Å². The number of nitrogens with one attached hydrogen (secondary N) is 1. The van der Waals surface area contributed by atoms with Gasteiger partial charge in [-0.2, -0.15) is 0 Å². The van der Waals surface area contributed by atoms with E-state index in [1.807, 2.05) is 54.6 Å². The van der Waals surface area contributed by atoms with Crippen molar-refractivity contribution in [3.05, 3.63) is 88.9 Å². The van der Waals surface area contributed by atoms with E-state index in [1.54, 1.807) is 18.2 Å². The molecule has 1 atom stereocenters. The second kappa shape index (κ2) is 8.23. The Hall–Kier alpha value is -3.18. The van der Waals surface area contributed by atoms with Gasteiger partial charge in [0.15, 0.2) is 18.1 Å². The van der Waals surface area contributed by atoms with Crippen LogP contribution in [0, 0.1) is 0 Å². The quantitative estimate of drug-likeness (QED) is 0.674. The summed E-state index contributed by atoms with van der Waals surface area (Å²) < 4.78 is 16.2. The van der Waals surface area contributed by atoms with Gasteiger partial charge in [0.25, 0.3) is 5.91 Å². The highest BCUT2D eigenvalue weighted by atomic mass is 35.5. The lowest BCUT2D eigenvalue weighted by atomic mass is 9.99. The van der Waals surface area contributed by atoms with Gasteiger partial charge in [-0.1, -0.05) is 54.1 Å². The molecular weight excluding hydrogens is 378 g/mol. The number of rotatable bonds is 6. The molecular formula is C22H18ClNO4. The zero-order chi connectivity index (χ0) is 19.3. The predicted octanol–water partition coefficient (Wildman–Crippen LogP) is 4.35. The summed E-state index contributed by atoms with van der Waals surface area (Å²) in [5.41, 5.74) is 1.91. The number of amides is 1. The van der Waals surface area contributed by atoms with Crippen LogP contribution < -0.4 is 19.5 Å². The Kier molecular flexibility index (Phi) is 5.35. The number of halogens is 1. The lowest BCUT2D eigenvalue weighted by molar-refractivity contribution is -0.123. The molecule has 1 N–H and O–H groups in total. The zero-order valence-electron chi connectivity index (χ0n) is 14.9. The highest BCUT2D eigenvalue weighted by Crippen LogP contribution is 2.35. The summed E-state index contributed by atoms with van der Waals surface area (Å²) in [4.78, 5) is 12.6. The van der Waals surface area contributed by atoms with E-state index in [1.165, 1.54) is 0 Å². The fourth-order valence-electron chi connectivity index (χ4n) is 2.98. The Morgan fingerprint density at radius 3 is 2.46 bits per heavy atom. The molecule has 0 saturated carbocycles. The van der Waals surface area contributed by atoms with Crippen molar-refractivity contribution in [1.29, 1.82) is 0 Å². The molecule has 0 bridgehead atoms. The maximum atomic E-state index is 12.6. The monoisotopic (exact) mass is 395 g/mol. The number of carbonyl (C=O) groups excluding carboxylic acids is 1. The number of fused-ring (bicyclic) bond motifs is 1. The van der Waals surface area contributed by atoms with Crippen molar-refractivity contribution in [2.75, 3.05) is 13.4 Å². The van der Waals surface area contributed by atoms with Gasteiger partial charge in [-0.25, -0.2) is 0 Å². The van der Waals surface area contributed by atoms with Crippen molar-refractivity contribution in [2.45, 2.75) is 6.04 Å². The minimum Gasteiger partial charge on any atom is -0.484 e. The van der Waals surface area contributed by atoms with Gasteiger partial charge >= 0.3 is 0 Å². The van der Waals surface area contributed by atoms with Crippen LogP contribution in [0.2, 0.25) is 5.02 Å². The molecule has 0 aromatic heterocycles. The van der Waals surface area contributed by atoms with Gasteiger partial charge in [-0.05, 0) is 35.4 Å². The summed E-state index contributed by atoms with van der Waals surface area (Å²) in [6.07, 6.45) is 0. The normalized spacial score (nSPS) is 13.0. The highest BCUT2D eigenvalue weighted by molar-refractivity contribution is 6.30. The third-order valence-corrected chi connectivity index (χ3v) is 4.61. The Balaban J connectivity index is 1.45. The molecule has 1 amide bonds. The van der Waals surface area contributed by atoms with Gasteiger partial charge in [-0.3, -0.25) is 4.79 Å². The van der Waals surface area contributed by atoms with Crippen LogP contribution in [0.15, 0.2) is 72.8 Å². The Labute approximate surface area is 167 Å². The summed E-state index contributed by atoms with van der Waals surface area (Å²) in [5.74, 6) is 1.59. The minimum absolute atomic E-state index is 0.115. The number of hydrogen-bond donors (Lipinski definition) is 1. The number of carbonyl (C=O) groups is 1. The average molecular weight is 396 g/mol. The highest BCUT2D eigenvalue weighted by Gasteiger charge is 2.18. The van der Waals surface area contributed by atoms with E-state index in [0.717, 1.165) is 11.1 Å². The van der Waals surface area contributed by atoms with Crippen molar-refractivity contribution >= 4 is 17.5 Å². The fourth-order valence-corrected chi connectivity index (χ4v) is 3.10. The molecule has 1 aliphatic rings. The predicted molar refractivity (Wildman–Crippen MR) is 106 cm³/mol. The Morgan fingerprint density at radius 1 is 0.964 bits per heavy atom. The van der Waals surface area contributed by atoms with E-state index in [2.05, 4.69) is 5.32 Å². The van der Waals surface area contributed by atoms with E-state index < -0.39 is 0 Å². The molecule has 1 heterocycles. The van der Waals surface area contributed by atoms with E-state index in [4.69, 9.17) is 25.8 Å². The van der Waals surface area contributed by atoms with Crippen LogP contribution in [0.5, 0.6) is 17.2 Å². The van der Waals surface area contributed by atoms with E-state index in [-0.39, 0.29) is 25.3 Å². The number of hydrogen-bond acceptors (Lipinski definition) is 4. The molecule has 0 aliphatic carbocycles. The van der Waals surface area contributed by atoms with Crippen molar-refractivity contribution in [3.63, 3.8) is 0 Å². The van der Waals surface area contributed by atoms with Crippen molar-refractivity contribution in [3.8, 4) is 17.2 Å². The third-order valence-electron chi connectivity index (χ3n) is 4.36. The second-order valence-corrected chi connectivity index (χ2v) is 6.70. The first-order valence-corrected chi connectivity index (χ1v) is 9.19. The van der Waals surface area contributed by atoms with E-state index in [9.17, 15) is 4.79 Å². The molecule has 4 rings (SSSR count). The molecule has 1 aliphatic heterocycles. The summed E-state index contributed by atoms with van der Waals surface area (Å²) >= 11 is 6.00. The van der Waals surface area contributed by atoms with Crippen LogP contribution in [0.4, 0.5) is 0 Å². The van der Waals surface area contributed by atoms with Crippen LogP contribution in [0.1, 0.15) is 17.2 Å². The lowest BCUT2D eigenvalue weighted by Crippen LogP contribution is -2.33. The SMILES string of the molecule is O=C(COc1ccc2c(c1)OCO2)N[C@@H](c1ccccc1)c1ccc(Cl)cc1. The van der Waals surface area contributed by atoms with Crippen LogP contribution in [-0.2, 0) is 4.79 Å². The molecule has 5 nitrogen and oxygen atoms in total. The zero-order valence-corrected chi connectivity index (χ0v) is 15.7. The van der Waals surface area contributed by atoms with Crippen molar-refractivity contribution < 1.29 is 19.0 Å². The summed E-state index contributed by atoms with van der Waals surface area (Å²) in [6.45, 7) is 0.0791. The molecule has 0 fully saturated rings. The number of benzene rings is 3. The molecule has 6 heteroatoms. The van der Waals surface area contributed by atoms with Crippen LogP contribution >= 0.6 is 11.6 Å². The Bertz CT molecular complexity index is 960. The van der Waals surface area contributed by atoms with Crippen LogP contribution in [0.25, 0.3) is 0 Å². The Morgan fingerprint density at radius 2 is 1.68 bits per heavy atom. The molecule has 0 unspecified atom stereocenters. The van der Waals surface area contributed by atoms with E-state index >= 15 is 0 Å². The van der Waals surface area contributed by atoms with E-state index in [0.29, 0.717) is 22.3 Å². The first-order valence-electron chi connectivity index (χ1n) is 8.81. The van der Waals surface area contributed by atoms with Gasteiger partial charge in [0, 0.05) is 11.1 Å². The third kappa shape index (κ3) is 4.21. The first-order chi connectivity index (χ1) is 13.7. The lowest BCUT2D eigenvalue weighted by Gasteiger charge is -2.20. The molecule has 0 saturated heterocycles. The smallest absolute Gasteiger partial charge is 0.258 e. The van der Waals surface area contributed by atoms with Gasteiger partial charge in [0.1, 0.15) is 5.75 Å². The topological polar surface area (TPSA) is 56.8 Å². The maximum absolute atomic E-state index is 12.6. The molecule has 0 radical (unpaired) electrons. The minimum atomic E-state index is -0.300. The molecule has 0 spiro atoms. The molecule has 142 valence electrons. The van der Waals surface area contributed by atoms with Crippen LogP contribution in [0.3, 0.4) is 0 Å². The van der Waals surface area contributed by atoms with Gasteiger partial charge < -0.3 is 19.5 Å². The number of ether oxygens (including phenoxy) is 3. The van der Waals surface area contributed by atoms with Crippen molar-refractivity contribution in [1.82, 2.24) is 5.32 Å². The fraction of sp³-hybridized carbons (Fsp3) is 0.136. The van der Waals surface area contributed by atoms with Crippen molar-refractivity contribution in [2.24, 2.45) is 0 Å². The van der Waals surface area contributed by atoms with Gasteiger partial charge in [0.2, 0.25) is 6.79 Å². The largest absolute Gasteiger partial charge is 0.484 e. The summed E-state index contributed by atoms with van der Waals surface area (Å²) in [5, 5.41) is 3.67. The molecule has 28 heavy (non-hydrogen) atoms. The molecule has 3 aromatic rings. The summed E-state index contributed by atoms with van der Waals surface area (Å²) in [6, 6.07) is 22.1. The second-order valence-electron chi connectivity index (χ2n) is 6.27.